The van der Waals surface area contributed by atoms with E-state index in [0.29, 0.717) is 43.5 Å². The summed E-state index contributed by atoms with van der Waals surface area (Å²) in [6, 6.07) is 1.51. The van der Waals surface area contributed by atoms with Crippen molar-refractivity contribution in [2.24, 2.45) is 5.92 Å². The molecule has 0 spiro atoms. The maximum atomic E-state index is 13.3. The number of nitrogens with zero attached hydrogens (tertiary/aromatic N) is 2. The fraction of sp³-hybridized carbons (Fsp3) is 0.619. The van der Waals surface area contributed by atoms with Crippen molar-refractivity contribution in [2.45, 2.75) is 46.4 Å². The standard InChI is InChI=1S/C21H34N4O4S/c1-14(2)12-22-21(27)23-19(26)13-24-7-9-25(10-8-24)30(28,29)20-17(5)15(3)11-16(4)18(20)6/h11,14H,7-10,12-13H2,1-6H3,(H2,22,23,26,27). The molecule has 1 aliphatic rings. The fourth-order valence-electron chi connectivity index (χ4n) is 3.53. The zero-order valence-corrected chi connectivity index (χ0v) is 19.6. The molecule has 1 heterocycles. The average Bonchev–Trinajstić information content (AvgIpc) is 2.65. The van der Waals surface area contributed by atoms with E-state index in [1.807, 2.05) is 52.5 Å². The van der Waals surface area contributed by atoms with E-state index in [0.717, 1.165) is 22.3 Å². The van der Waals surface area contributed by atoms with E-state index in [1.165, 1.54) is 4.31 Å². The van der Waals surface area contributed by atoms with Gasteiger partial charge in [0.05, 0.1) is 11.4 Å². The van der Waals surface area contributed by atoms with E-state index in [2.05, 4.69) is 10.6 Å². The Bertz CT molecular complexity index is 878. The van der Waals surface area contributed by atoms with Crippen molar-refractivity contribution in [3.63, 3.8) is 0 Å². The molecule has 1 fully saturated rings. The third-order valence-corrected chi connectivity index (χ3v) is 7.69. The molecule has 30 heavy (non-hydrogen) atoms. The molecule has 0 atom stereocenters. The molecule has 3 amide bonds. The highest BCUT2D eigenvalue weighted by atomic mass is 32.2. The molecule has 168 valence electrons. The number of nitrogens with one attached hydrogen (secondary N) is 2. The number of carbonyl (C=O) groups is 2. The quantitative estimate of drug-likeness (QED) is 0.705. The number of benzene rings is 1. The van der Waals surface area contributed by atoms with Crippen LogP contribution in [-0.2, 0) is 14.8 Å². The molecular formula is C21H34N4O4S. The van der Waals surface area contributed by atoms with Crippen molar-refractivity contribution < 1.29 is 18.0 Å². The number of piperazine rings is 1. The van der Waals surface area contributed by atoms with Crippen molar-refractivity contribution in [1.29, 1.82) is 0 Å². The van der Waals surface area contributed by atoms with Crippen LogP contribution in [0.1, 0.15) is 36.1 Å². The highest BCUT2D eigenvalue weighted by molar-refractivity contribution is 7.89. The summed E-state index contributed by atoms with van der Waals surface area (Å²) >= 11 is 0. The highest BCUT2D eigenvalue weighted by Crippen LogP contribution is 2.29. The first-order chi connectivity index (χ1) is 13.9. The molecule has 0 bridgehead atoms. The first-order valence-electron chi connectivity index (χ1n) is 10.3. The Balaban J connectivity index is 1.97. The van der Waals surface area contributed by atoms with Crippen LogP contribution in [0.4, 0.5) is 4.79 Å². The molecule has 8 nitrogen and oxygen atoms in total. The highest BCUT2D eigenvalue weighted by Gasteiger charge is 2.32. The van der Waals surface area contributed by atoms with E-state index < -0.39 is 22.0 Å². The minimum atomic E-state index is -3.61. The summed E-state index contributed by atoms with van der Waals surface area (Å²) in [5.74, 6) is -0.0982. The van der Waals surface area contributed by atoms with Crippen molar-refractivity contribution >= 4 is 22.0 Å². The van der Waals surface area contributed by atoms with Gasteiger partial charge in [-0.25, -0.2) is 13.2 Å². The number of sulfonamides is 1. The number of hydrogen-bond donors (Lipinski definition) is 2. The summed E-state index contributed by atoms with van der Waals surface area (Å²) < 4.78 is 28.1. The Labute approximate surface area is 180 Å². The number of urea groups is 1. The van der Waals surface area contributed by atoms with Crippen molar-refractivity contribution in [2.75, 3.05) is 39.3 Å². The van der Waals surface area contributed by atoms with Gasteiger partial charge >= 0.3 is 6.03 Å². The Morgan fingerprint density at radius 2 is 1.53 bits per heavy atom. The van der Waals surface area contributed by atoms with Crippen molar-refractivity contribution in [3.8, 4) is 0 Å². The van der Waals surface area contributed by atoms with E-state index >= 15 is 0 Å². The molecule has 9 heteroatoms. The number of aryl methyl sites for hydroxylation is 2. The summed E-state index contributed by atoms with van der Waals surface area (Å²) in [5.41, 5.74) is 3.49. The molecule has 1 aliphatic heterocycles. The monoisotopic (exact) mass is 438 g/mol. The van der Waals surface area contributed by atoms with Gasteiger partial charge in [0.1, 0.15) is 0 Å². The van der Waals surface area contributed by atoms with E-state index in [9.17, 15) is 18.0 Å². The van der Waals surface area contributed by atoms with Gasteiger partial charge in [-0.2, -0.15) is 4.31 Å². The summed E-state index contributed by atoms with van der Waals surface area (Å²) in [5, 5.41) is 4.95. The number of rotatable bonds is 6. The average molecular weight is 439 g/mol. The summed E-state index contributed by atoms with van der Waals surface area (Å²) in [6.07, 6.45) is 0. The molecule has 1 aromatic carbocycles. The zero-order valence-electron chi connectivity index (χ0n) is 18.8. The van der Waals surface area contributed by atoms with Crippen molar-refractivity contribution in [3.05, 3.63) is 28.3 Å². The topological polar surface area (TPSA) is 98.8 Å². The van der Waals surface area contributed by atoms with Gasteiger partial charge in [0.15, 0.2) is 0 Å². The molecule has 0 saturated carbocycles. The first kappa shape index (κ1) is 24.3. The molecule has 0 radical (unpaired) electrons. The Hall–Kier alpha value is -1.97. The van der Waals surface area contributed by atoms with Gasteiger partial charge in [-0.05, 0) is 55.9 Å². The molecule has 1 saturated heterocycles. The summed E-state index contributed by atoms with van der Waals surface area (Å²) in [4.78, 5) is 26.1. The molecular weight excluding hydrogens is 404 g/mol. The van der Waals surface area contributed by atoms with Crippen LogP contribution in [0.5, 0.6) is 0 Å². The van der Waals surface area contributed by atoms with Gasteiger partial charge in [-0.1, -0.05) is 19.9 Å². The third-order valence-electron chi connectivity index (χ3n) is 5.52. The lowest BCUT2D eigenvalue weighted by molar-refractivity contribution is -0.121. The first-order valence-corrected chi connectivity index (χ1v) is 11.7. The summed E-state index contributed by atoms with van der Waals surface area (Å²) in [6.45, 7) is 13.5. The molecule has 0 aromatic heterocycles. The lowest BCUT2D eigenvalue weighted by Gasteiger charge is -2.34. The summed E-state index contributed by atoms with van der Waals surface area (Å²) in [7, 11) is -3.61. The van der Waals surface area contributed by atoms with Gasteiger partial charge in [0, 0.05) is 32.7 Å². The second-order valence-corrected chi connectivity index (χ2v) is 10.3. The number of carbonyl (C=O) groups excluding carboxylic acids is 2. The molecule has 2 rings (SSSR count). The Morgan fingerprint density at radius 3 is 2.03 bits per heavy atom. The smallest absolute Gasteiger partial charge is 0.321 e. The SMILES string of the molecule is Cc1cc(C)c(C)c(S(=O)(=O)N2CCN(CC(=O)NC(=O)NCC(C)C)CC2)c1C. The second kappa shape index (κ2) is 9.89. The maximum Gasteiger partial charge on any atom is 0.321 e. The van der Waals surface area contributed by atoms with E-state index in [-0.39, 0.29) is 6.54 Å². The van der Waals surface area contributed by atoms with Gasteiger partial charge in [0.25, 0.3) is 0 Å². The van der Waals surface area contributed by atoms with Crippen LogP contribution < -0.4 is 10.6 Å². The zero-order chi connectivity index (χ0) is 22.6. The van der Waals surface area contributed by atoms with Crippen LogP contribution in [0.25, 0.3) is 0 Å². The van der Waals surface area contributed by atoms with Crippen LogP contribution in [-0.4, -0.2) is 68.8 Å². The minimum Gasteiger partial charge on any atom is -0.338 e. The predicted octanol–water partition coefficient (Wildman–Crippen LogP) is 1.71. The van der Waals surface area contributed by atoms with Crippen LogP contribution >= 0.6 is 0 Å². The molecule has 2 N–H and O–H groups in total. The van der Waals surface area contributed by atoms with E-state index in [1.54, 1.807) is 0 Å². The van der Waals surface area contributed by atoms with Crippen LogP contribution in [0, 0.1) is 33.6 Å². The van der Waals surface area contributed by atoms with Gasteiger partial charge in [-0.3, -0.25) is 15.0 Å². The second-order valence-electron chi connectivity index (χ2n) is 8.42. The molecule has 0 aliphatic carbocycles. The third kappa shape index (κ3) is 5.80. The largest absolute Gasteiger partial charge is 0.338 e. The molecule has 1 aromatic rings. The predicted molar refractivity (Wildman–Crippen MR) is 117 cm³/mol. The normalized spacial score (nSPS) is 16.0. The maximum absolute atomic E-state index is 13.3. The minimum absolute atomic E-state index is 0.0601. The van der Waals surface area contributed by atoms with Gasteiger partial charge in [-0.15, -0.1) is 0 Å². The van der Waals surface area contributed by atoms with Gasteiger partial charge < -0.3 is 5.32 Å². The lowest BCUT2D eigenvalue weighted by Crippen LogP contribution is -2.52. The number of imide groups is 1. The fourth-order valence-corrected chi connectivity index (χ4v) is 5.53. The molecule has 0 unspecified atom stereocenters. The lowest BCUT2D eigenvalue weighted by atomic mass is 10.0. The van der Waals surface area contributed by atoms with Crippen molar-refractivity contribution in [1.82, 2.24) is 19.8 Å². The van der Waals surface area contributed by atoms with Crippen LogP contribution in [0.3, 0.4) is 0 Å². The number of hydrogen-bond acceptors (Lipinski definition) is 5. The van der Waals surface area contributed by atoms with Gasteiger partial charge in [0.2, 0.25) is 15.9 Å². The Kier molecular flexibility index (Phi) is 8.01. The van der Waals surface area contributed by atoms with Crippen LogP contribution in [0.15, 0.2) is 11.0 Å². The van der Waals surface area contributed by atoms with E-state index in [4.69, 9.17) is 0 Å². The van der Waals surface area contributed by atoms with Crippen LogP contribution in [0.2, 0.25) is 0 Å². The Morgan fingerprint density at radius 1 is 1.00 bits per heavy atom. The number of amides is 3.